The van der Waals surface area contributed by atoms with Crippen molar-refractivity contribution in [1.29, 1.82) is 0 Å². The van der Waals surface area contributed by atoms with E-state index >= 15 is 0 Å². The molecule has 4 amide bonds. The third kappa shape index (κ3) is 10.7. The summed E-state index contributed by atoms with van der Waals surface area (Å²) in [5.41, 5.74) is 0.270. The highest BCUT2D eigenvalue weighted by Gasteiger charge is 2.34. The van der Waals surface area contributed by atoms with Gasteiger partial charge in [-0.05, 0) is 49.4 Å². The van der Waals surface area contributed by atoms with Gasteiger partial charge >= 0.3 is 5.97 Å². The lowest BCUT2D eigenvalue weighted by atomic mass is 9.98. The summed E-state index contributed by atoms with van der Waals surface area (Å²) in [6.45, 7) is 15.4. The molecule has 2 rings (SSSR count). The van der Waals surface area contributed by atoms with Crippen molar-refractivity contribution in [3.8, 4) is 0 Å². The molecule has 5 N–H and O–H groups in total. The van der Waals surface area contributed by atoms with Crippen molar-refractivity contribution in [2.75, 3.05) is 0 Å². The Bertz CT molecular complexity index is 1100. The van der Waals surface area contributed by atoms with Gasteiger partial charge in [-0.25, -0.2) is 9.48 Å². The van der Waals surface area contributed by atoms with Crippen LogP contribution in [0.1, 0.15) is 92.8 Å². The lowest BCUT2D eigenvalue weighted by Gasteiger charge is -2.28. The van der Waals surface area contributed by atoms with E-state index in [9.17, 15) is 29.1 Å². The minimum absolute atomic E-state index is 0.000000229. The molecule has 13 nitrogen and oxygen atoms in total. The zero-order valence-electron chi connectivity index (χ0n) is 26.1. The van der Waals surface area contributed by atoms with Crippen LogP contribution in [0.5, 0.6) is 0 Å². The van der Waals surface area contributed by atoms with Crippen molar-refractivity contribution in [3.05, 3.63) is 11.9 Å². The SMILES string of the molecule is CC(C)CC1NC(=O)C(CC(C)C)NC(=O)[C@H](CC(C)C)n2cc(nn2)C[C@@H](C(=O)O)NC(=O)C(CC(C)C)NC1=O. The first-order valence-electron chi connectivity index (χ1n) is 14.9. The molecule has 1 aromatic heterocycles. The lowest BCUT2D eigenvalue weighted by Crippen LogP contribution is -2.58. The summed E-state index contributed by atoms with van der Waals surface area (Å²) in [5, 5.41) is 29.0. The summed E-state index contributed by atoms with van der Waals surface area (Å²) >= 11 is 0. The molecule has 0 fully saturated rings. The fourth-order valence-electron chi connectivity index (χ4n) is 4.94. The molecule has 0 spiro atoms. The van der Waals surface area contributed by atoms with E-state index in [-0.39, 0.29) is 42.2 Å². The first kappa shape index (κ1) is 34.7. The maximum absolute atomic E-state index is 13.6. The van der Waals surface area contributed by atoms with Crippen LogP contribution in [0.25, 0.3) is 0 Å². The second kappa shape index (κ2) is 15.6. The van der Waals surface area contributed by atoms with Gasteiger partial charge in [-0.1, -0.05) is 60.6 Å². The Kier molecular flexibility index (Phi) is 12.9. The van der Waals surface area contributed by atoms with Crippen molar-refractivity contribution >= 4 is 29.6 Å². The van der Waals surface area contributed by atoms with E-state index in [0.717, 1.165) is 0 Å². The predicted octanol–water partition coefficient (Wildman–Crippen LogP) is 1.58. The average Bonchev–Trinajstić information content (AvgIpc) is 3.32. The Morgan fingerprint density at radius 2 is 1.14 bits per heavy atom. The van der Waals surface area contributed by atoms with Gasteiger partial charge < -0.3 is 26.4 Å². The molecule has 2 heterocycles. The van der Waals surface area contributed by atoms with Crippen molar-refractivity contribution in [2.24, 2.45) is 23.7 Å². The van der Waals surface area contributed by atoms with Gasteiger partial charge in [-0.3, -0.25) is 19.2 Å². The van der Waals surface area contributed by atoms with Crippen LogP contribution in [0.3, 0.4) is 0 Å². The van der Waals surface area contributed by atoms with Crippen LogP contribution in [-0.4, -0.2) is 73.9 Å². The molecule has 1 aromatic rings. The number of carbonyl (C=O) groups is 5. The topological polar surface area (TPSA) is 184 Å². The lowest BCUT2D eigenvalue weighted by molar-refractivity contribution is -0.142. The largest absolute Gasteiger partial charge is 0.480 e. The monoisotopic (exact) mass is 591 g/mol. The van der Waals surface area contributed by atoms with Gasteiger partial charge in [0.1, 0.15) is 30.2 Å². The Labute approximate surface area is 248 Å². The number of aromatic nitrogens is 3. The fourth-order valence-corrected chi connectivity index (χ4v) is 4.94. The summed E-state index contributed by atoms with van der Waals surface area (Å²) in [5.74, 6) is -3.24. The second-order valence-corrected chi connectivity index (χ2v) is 13.0. The molecule has 42 heavy (non-hydrogen) atoms. The van der Waals surface area contributed by atoms with E-state index in [4.69, 9.17) is 0 Å². The standard InChI is InChI=1S/C29H49N7O6/c1-15(2)9-20-25(37)31-21(10-16(3)4)27(39)33-23(29(41)42)13-19-14-36(35-34-19)24(12-18(7)8)28(40)32-22(11-17(5)6)26(38)30-20/h14-18,20-24H,9-13H2,1-8H3,(H,30,38)(H,31,37)(H,32,40)(H,33,39)(H,41,42)/t20?,21?,22?,23-,24-/m0/s1. The minimum Gasteiger partial charge on any atom is -0.480 e. The van der Waals surface area contributed by atoms with Crippen LogP contribution in [0.4, 0.5) is 0 Å². The van der Waals surface area contributed by atoms with Crippen LogP contribution < -0.4 is 21.3 Å². The summed E-state index contributed by atoms with van der Waals surface area (Å²) in [4.78, 5) is 66.2. The normalized spacial score (nSPS) is 24.8. The molecule has 1 aliphatic heterocycles. The first-order valence-corrected chi connectivity index (χ1v) is 14.9. The van der Waals surface area contributed by atoms with Crippen LogP contribution in [0.15, 0.2) is 6.20 Å². The van der Waals surface area contributed by atoms with E-state index in [1.165, 1.54) is 10.9 Å². The summed E-state index contributed by atoms with van der Waals surface area (Å²) in [7, 11) is 0. The van der Waals surface area contributed by atoms with Crippen molar-refractivity contribution in [1.82, 2.24) is 36.3 Å². The molecule has 236 valence electrons. The van der Waals surface area contributed by atoms with E-state index in [1.54, 1.807) is 0 Å². The maximum Gasteiger partial charge on any atom is 0.326 e. The van der Waals surface area contributed by atoms with Gasteiger partial charge in [0.05, 0.1) is 5.69 Å². The van der Waals surface area contributed by atoms with Gasteiger partial charge in [0.15, 0.2) is 0 Å². The molecule has 0 saturated heterocycles. The van der Waals surface area contributed by atoms with Gasteiger partial charge in [-0.2, -0.15) is 0 Å². The third-order valence-corrected chi connectivity index (χ3v) is 6.92. The van der Waals surface area contributed by atoms with Gasteiger partial charge in [0.25, 0.3) is 0 Å². The predicted molar refractivity (Wildman–Crippen MR) is 156 cm³/mol. The number of carboxylic acids is 1. The van der Waals surface area contributed by atoms with E-state index < -0.39 is 59.8 Å². The Morgan fingerprint density at radius 3 is 1.55 bits per heavy atom. The van der Waals surface area contributed by atoms with E-state index in [2.05, 4.69) is 31.6 Å². The van der Waals surface area contributed by atoms with Gasteiger partial charge in [0.2, 0.25) is 23.6 Å². The summed E-state index contributed by atoms with van der Waals surface area (Å²) in [6, 6.07) is -5.07. The highest BCUT2D eigenvalue weighted by molar-refractivity contribution is 5.95. The molecule has 0 saturated carbocycles. The summed E-state index contributed by atoms with van der Waals surface area (Å²) < 4.78 is 1.38. The maximum atomic E-state index is 13.6. The number of aliphatic carboxylic acids is 1. The Balaban J connectivity index is 2.60. The smallest absolute Gasteiger partial charge is 0.326 e. The Hall–Kier alpha value is -3.51. The number of nitrogens with one attached hydrogen (secondary N) is 4. The molecule has 2 bridgehead atoms. The number of fused-ring (bicyclic) bond motifs is 2. The van der Waals surface area contributed by atoms with Crippen LogP contribution in [0.2, 0.25) is 0 Å². The van der Waals surface area contributed by atoms with Crippen LogP contribution >= 0.6 is 0 Å². The van der Waals surface area contributed by atoms with Crippen LogP contribution in [-0.2, 0) is 30.4 Å². The number of carbonyl (C=O) groups excluding carboxylic acids is 4. The Morgan fingerprint density at radius 1 is 0.738 bits per heavy atom. The molecular formula is C29H49N7O6. The average molecular weight is 592 g/mol. The molecule has 5 atom stereocenters. The third-order valence-electron chi connectivity index (χ3n) is 6.92. The molecule has 0 aliphatic carbocycles. The highest BCUT2D eigenvalue weighted by Crippen LogP contribution is 2.19. The van der Waals surface area contributed by atoms with Crippen LogP contribution in [0, 0.1) is 23.7 Å². The minimum atomic E-state index is -1.34. The second-order valence-electron chi connectivity index (χ2n) is 13.0. The van der Waals surface area contributed by atoms with E-state index in [0.29, 0.717) is 19.3 Å². The molecular weight excluding hydrogens is 542 g/mol. The molecule has 0 radical (unpaired) electrons. The number of nitrogens with zero attached hydrogens (tertiary/aromatic N) is 3. The number of hydrogen-bond donors (Lipinski definition) is 5. The number of carboxylic acid groups (broad SMARTS) is 1. The molecule has 3 unspecified atom stereocenters. The number of rotatable bonds is 9. The van der Waals surface area contributed by atoms with Gasteiger partial charge in [0, 0.05) is 12.6 Å². The first-order chi connectivity index (χ1) is 19.6. The molecule has 0 aromatic carbocycles. The highest BCUT2D eigenvalue weighted by atomic mass is 16.4. The van der Waals surface area contributed by atoms with Crippen molar-refractivity contribution in [2.45, 2.75) is 118 Å². The molecule has 1 aliphatic rings. The summed E-state index contributed by atoms with van der Waals surface area (Å²) in [6.07, 6.45) is 2.60. The van der Waals surface area contributed by atoms with Crippen molar-refractivity contribution < 1.29 is 29.1 Å². The zero-order chi connectivity index (χ0) is 31.7. The number of amides is 4. The van der Waals surface area contributed by atoms with Crippen molar-refractivity contribution in [3.63, 3.8) is 0 Å². The zero-order valence-corrected chi connectivity index (χ0v) is 26.1. The number of hydrogen-bond acceptors (Lipinski definition) is 7. The quantitative estimate of drug-likeness (QED) is 0.287. The fraction of sp³-hybridized carbons (Fsp3) is 0.759. The van der Waals surface area contributed by atoms with Gasteiger partial charge in [-0.15, -0.1) is 5.10 Å². The molecule has 13 heteroatoms. The van der Waals surface area contributed by atoms with E-state index in [1.807, 2.05) is 55.4 Å².